The van der Waals surface area contributed by atoms with Crippen LogP contribution in [0.5, 0.6) is 0 Å². The molecule has 3 unspecified atom stereocenters. The van der Waals surface area contributed by atoms with Crippen LogP contribution in [-0.4, -0.2) is 55.1 Å². The molecule has 5 heteroatoms. The molecule has 120 valence electrons. The molecule has 0 spiro atoms. The van der Waals surface area contributed by atoms with Gasteiger partial charge in [-0.05, 0) is 43.4 Å². The zero-order chi connectivity index (χ0) is 15.1. The van der Waals surface area contributed by atoms with Crippen molar-refractivity contribution < 1.29 is 9.53 Å². The number of hydrogen-bond donors (Lipinski definition) is 0. The number of likely N-dealkylation sites (tertiary alicyclic amines) is 1. The van der Waals surface area contributed by atoms with Crippen LogP contribution in [0, 0.1) is 11.8 Å². The molecule has 4 rings (SSSR count). The highest BCUT2D eigenvalue weighted by Crippen LogP contribution is 2.40. The van der Waals surface area contributed by atoms with Gasteiger partial charge in [0.15, 0.2) is 0 Å². The summed E-state index contributed by atoms with van der Waals surface area (Å²) in [5, 5.41) is 0. The Hall–Kier alpha value is -0.910. The smallest absolute Gasteiger partial charge is 0.348 e. The van der Waals surface area contributed by atoms with Gasteiger partial charge in [-0.2, -0.15) is 0 Å². The summed E-state index contributed by atoms with van der Waals surface area (Å²) in [7, 11) is 1.44. The topological polar surface area (TPSA) is 32.8 Å². The van der Waals surface area contributed by atoms with Crippen LogP contribution in [-0.2, 0) is 11.3 Å². The van der Waals surface area contributed by atoms with Crippen molar-refractivity contribution in [1.29, 1.82) is 0 Å². The predicted molar refractivity (Wildman–Crippen MR) is 87.1 cm³/mol. The fourth-order valence-electron chi connectivity index (χ4n) is 4.67. The predicted octanol–water partition coefficient (Wildman–Crippen LogP) is 2.45. The van der Waals surface area contributed by atoms with E-state index in [1.54, 1.807) is 11.3 Å². The average molecular weight is 320 g/mol. The number of fused-ring (bicyclic) bond motifs is 3. The van der Waals surface area contributed by atoms with Crippen molar-refractivity contribution in [1.82, 2.24) is 9.80 Å². The Bertz CT molecular complexity index is 559. The Morgan fingerprint density at radius 1 is 1.32 bits per heavy atom. The van der Waals surface area contributed by atoms with Gasteiger partial charge in [-0.15, -0.1) is 11.3 Å². The first-order valence-electron chi connectivity index (χ1n) is 8.38. The minimum Gasteiger partial charge on any atom is -0.465 e. The number of ether oxygens (including phenoxy) is 1. The third kappa shape index (κ3) is 2.59. The lowest BCUT2D eigenvalue weighted by molar-refractivity contribution is 0.0606. The van der Waals surface area contributed by atoms with Crippen molar-refractivity contribution in [3.8, 4) is 0 Å². The number of thiophene rings is 1. The quantitative estimate of drug-likeness (QED) is 0.801. The number of nitrogens with zero attached hydrogens (tertiary/aromatic N) is 2. The summed E-state index contributed by atoms with van der Waals surface area (Å²) >= 11 is 1.58. The van der Waals surface area contributed by atoms with Crippen molar-refractivity contribution in [2.24, 2.45) is 11.8 Å². The van der Waals surface area contributed by atoms with Gasteiger partial charge in [-0.1, -0.05) is 6.42 Å². The molecule has 0 aromatic carbocycles. The van der Waals surface area contributed by atoms with E-state index in [2.05, 4.69) is 15.9 Å². The van der Waals surface area contributed by atoms with Gasteiger partial charge < -0.3 is 4.74 Å². The van der Waals surface area contributed by atoms with Crippen molar-refractivity contribution >= 4 is 17.3 Å². The third-order valence-corrected chi connectivity index (χ3v) is 6.67. The average Bonchev–Trinajstić information content (AvgIpc) is 3.21. The fourth-order valence-corrected chi connectivity index (χ4v) is 5.64. The molecule has 0 saturated carbocycles. The number of esters is 1. The lowest BCUT2D eigenvalue weighted by atomic mass is 9.90. The van der Waals surface area contributed by atoms with Gasteiger partial charge in [0.25, 0.3) is 0 Å². The number of rotatable bonds is 3. The summed E-state index contributed by atoms with van der Waals surface area (Å²) < 4.78 is 4.79. The first-order chi connectivity index (χ1) is 10.7. The van der Waals surface area contributed by atoms with Gasteiger partial charge in [0.1, 0.15) is 4.88 Å². The van der Waals surface area contributed by atoms with E-state index in [9.17, 15) is 4.79 Å². The first kappa shape index (κ1) is 14.7. The van der Waals surface area contributed by atoms with E-state index in [0.717, 1.165) is 29.3 Å². The van der Waals surface area contributed by atoms with E-state index < -0.39 is 0 Å². The van der Waals surface area contributed by atoms with E-state index in [4.69, 9.17) is 4.74 Å². The van der Waals surface area contributed by atoms with Crippen LogP contribution in [0.3, 0.4) is 0 Å². The number of methoxy groups -OCH3 is 1. The Kier molecular flexibility index (Phi) is 3.96. The molecule has 3 aliphatic rings. The molecule has 3 atom stereocenters. The highest BCUT2D eigenvalue weighted by Gasteiger charge is 2.46. The largest absolute Gasteiger partial charge is 0.465 e. The highest BCUT2D eigenvalue weighted by molar-refractivity contribution is 7.13. The van der Waals surface area contributed by atoms with Crippen molar-refractivity contribution in [2.75, 3.05) is 33.3 Å². The molecule has 0 aliphatic carbocycles. The lowest BCUT2D eigenvalue weighted by Gasteiger charge is -2.33. The minimum atomic E-state index is -0.215. The van der Waals surface area contributed by atoms with Gasteiger partial charge in [-0.25, -0.2) is 4.79 Å². The molecule has 4 heterocycles. The summed E-state index contributed by atoms with van der Waals surface area (Å²) in [4.78, 5) is 18.9. The normalized spacial score (nSPS) is 32.0. The van der Waals surface area contributed by atoms with Crippen LogP contribution < -0.4 is 0 Å². The zero-order valence-electron chi connectivity index (χ0n) is 13.2. The summed E-state index contributed by atoms with van der Waals surface area (Å²) in [5.41, 5.74) is 0. The molecular formula is C17H24N2O2S. The number of hydrogen-bond acceptors (Lipinski definition) is 5. The molecule has 3 aliphatic heterocycles. The molecule has 3 fully saturated rings. The minimum absolute atomic E-state index is 0.215. The van der Waals surface area contributed by atoms with E-state index >= 15 is 0 Å². The van der Waals surface area contributed by atoms with Crippen LogP contribution in [0.2, 0.25) is 0 Å². The van der Waals surface area contributed by atoms with Gasteiger partial charge in [-0.3, -0.25) is 9.80 Å². The Labute approximate surface area is 136 Å². The van der Waals surface area contributed by atoms with E-state index in [0.29, 0.717) is 0 Å². The van der Waals surface area contributed by atoms with Crippen molar-refractivity contribution in [2.45, 2.75) is 31.8 Å². The maximum atomic E-state index is 11.6. The summed E-state index contributed by atoms with van der Waals surface area (Å²) in [6.07, 6.45) is 4.21. The molecule has 22 heavy (non-hydrogen) atoms. The molecular weight excluding hydrogens is 296 g/mol. The van der Waals surface area contributed by atoms with E-state index in [1.165, 1.54) is 57.4 Å². The SMILES string of the molecule is COC(=O)c1ccc(CN2CC3CN4CCCCC4C3C2)s1. The van der Waals surface area contributed by atoms with Crippen LogP contribution >= 0.6 is 11.3 Å². The first-order valence-corrected chi connectivity index (χ1v) is 9.19. The number of carbonyl (C=O) groups is 1. The van der Waals surface area contributed by atoms with E-state index in [-0.39, 0.29) is 5.97 Å². The number of carbonyl (C=O) groups excluding carboxylic acids is 1. The summed E-state index contributed by atoms with van der Waals surface area (Å²) in [6.45, 7) is 6.08. The molecule has 0 radical (unpaired) electrons. The Balaban J connectivity index is 1.38. The molecule has 1 aromatic rings. The molecule has 4 nitrogen and oxygen atoms in total. The second-order valence-corrected chi connectivity index (χ2v) is 8.10. The molecule has 0 bridgehead atoms. The standard InChI is InChI=1S/C17H24N2O2S/c1-21-17(20)16-6-5-13(22-16)10-18-8-12-9-19-7-3-2-4-15(19)14(12)11-18/h5-6,12,14-15H,2-4,7-11H2,1H3. The Morgan fingerprint density at radius 3 is 3.09 bits per heavy atom. The third-order valence-electron chi connectivity index (χ3n) is 5.62. The van der Waals surface area contributed by atoms with Gasteiger partial charge >= 0.3 is 5.97 Å². The molecule has 0 amide bonds. The zero-order valence-corrected chi connectivity index (χ0v) is 14.0. The Morgan fingerprint density at radius 2 is 2.23 bits per heavy atom. The van der Waals surface area contributed by atoms with E-state index in [1.807, 2.05) is 6.07 Å². The van der Waals surface area contributed by atoms with Gasteiger partial charge in [0.2, 0.25) is 0 Å². The van der Waals surface area contributed by atoms with Crippen molar-refractivity contribution in [3.05, 3.63) is 21.9 Å². The van der Waals surface area contributed by atoms with Crippen LogP contribution in [0.15, 0.2) is 12.1 Å². The second kappa shape index (κ2) is 5.95. The molecule has 0 N–H and O–H groups in total. The van der Waals surface area contributed by atoms with Crippen LogP contribution in [0.25, 0.3) is 0 Å². The highest BCUT2D eigenvalue weighted by atomic mass is 32.1. The lowest BCUT2D eigenvalue weighted by Crippen LogP contribution is -2.39. The second-order valence-electron chi connectivity index (χ2n) is 6.93. The van der Waals surface area contributed by atoms with Gasteiger partial charge in [0.05, 0.1) is 7.11 Å². The number of piperidine rings is 1. The maximum Gasteiger partial charge on any atom is 0.348 e. The monoisotopic (exact) mass is 320 g/mol. The van der Waals surface area contributed by atoms with Gasteiger partial charge in [0, 0.05) is 37.1 Å². The molecule has 1 aromatic heterocycles. The fraction of sp³-hybridized carbons (Fsp3) is 0.706. The summed E-state index contributed by atoms with van der Waals surface area (Å²) in [6, 6.07) is 4.82. The summed E-state index contributed by atoms with van der Waals surface area (Å²) in [5.74, 6) is 1.52. The maximum absolute atomic E-state index is 11.6. The van der Waals surface area contributed by atoms with Crippen LogP contribution in [0.1, 0.15) is 33.8 Å². The van der Waals surface area contributed by atoms with Crippen LogP contribution in [0.4, 0.5) is 0 Å². The molecule has 3 saturated heterocycles. The van der Waals surface area contributed by atoms with Crippen molar-refractivity contribution in [3.63, 3.8) is 0 Å².